The van der Waals surface area contributed by atoms with Crippen LogP contribution < -0.4 is 16.2 Å². The second-order valence-corrected chi connectivity index (χ2v) is 6.00. The summed E-state index contributed by atoms with van der Waals surface area (Å²) in [5.41, 5.74) is 6.98. The molecule has 2 aromatic rings. The van der Waals surface area contributed by atoms with Gasteiger partial charge in [0.1, 0.15) is 10.8 Å². The highest BCUT2D eigenvalue weighted by Gasteiger charge is 2.07. The summed E-state index contributed by atoms with van der Waals surface area (Å²) in [5.74, 6) is -0.579. The number of hydrazine groups is 1. The molecule has 0 saturated heterocycles. The van der Waals surface area contributed by atoms with Crippen LogP contribution in [0.4, 0.5) is 10.1 Å². The molecule has 0 spiro atoms. The Labute approximate surface area is 136 Å². The van der Waals surface area contributed by atoms with Crippen molar-refractivity contribution in [2.45, 2.75) is 20.3 Å². The van der Waals surface area contributed by atoms with Crippen LogP contribution >= 0.6 is 23.6 Å². The van der Waals surface area contributed by atoms with E-state index in [1.165, 1.54) is 17.4 Å². The number of amides is 1. The molecule has 0 bridgehead atoms. The van der Waals surface area contributed by atoms with Gasteiger partial charge in [-0.05, 0) is 43.8 Å². The smallest absolute Gasteiger partial charge is 0.245 e. The van der Waals surface area contributed by atoms with Gasteiger partial charge in [0.15, 0.2) is 5.11 Å². The summed E-state index contributed by atoms with van der Waals surface area (Å²) in [6, 6.07) is 4.68. The van der Waals surface area contributed by atoms with Crippen LogP contribution in [0.1, 0.15) is 16.3 Å². The lowest BCUT2D eigenvalue weighted by molar-refractivity contribution is -0.120. The molecule has 0 fully saturated rings. The van der Waals surface area contributed by atoms with Crippen molar-refractivity contribution in [1.29, 1.82) is 0 Å². The van der Waals surface area contributed by atoms with Crippen molar-refractivity contribution in [2.75, 3.05) is 5.32 Å². The normalized spacial score (nSPS) is 10.1. The second kappa shape index (κ2) is 7.28. The Bertz CT molecular complexity index is 702. The predicted molar refractivity (Wildman–Crippen MR) is 89.2 cm³/mol. The zero-order chi connectivity index (χ0) is 16.1. The maximum Gasteiger partial charge on any atom is 0.245 e. The second-order valence-electron chi connectivity index (χ2n) is 4.65. The van der Waals surface area contributed by atoms with E-state index in [-0.39, 0.29) is 23.3 Å². The van der Waals surface area contributed by atoms with Gasteiger partial charge in [-0.1, -0.05) is 6.07 Å². The lowest BCUT2D eigenvalue weighted by atomic mass is 10.2. The quantitative estimate of drug-likeness (QED) is 0.593. The highest BCUT2D eigenvalue weighted by Crippen LogP contribution is 2.13. The third-order valence-corrected chi connectivity index (χ3v) is 3.89. The molecule has 0 radical (unpaired) electrons. The summed E-state index contributed by atoms with van der Waals surface area (Å²) in [7, 11) is 0. The molecule has 0 atom stereocenters. The van der Waals surface area contributed by atoms with Gasteiger partial charge in [-0.25, -0.2) is 9.37 Å². The zero-order valence-corrected chi connectivity index (χ0v) is 13.7. The van der Waals surface area contributed by atoms with E-state index in [9.17, 15) is 9.18 Å². The summed E-state index contributed by atoms with van der Waals surface area (Å²) >= 11 is 6.45. The number of rotatable bonds is 3. The van der Waals surface area contributed by atoms with Gasteiger partial charge in [0, 0.05) is 16.8 Å². The largest absolute Gasteiger partial charge is 0.331 e. The molecule has 1 heterocycles. The molecule has 1 amide bonds. The number of thiocarbonyl (C=S) groups is 1. The SMILES string of the molecule is Cc1csc(CC(=O)NNC(=S)Nc2ccc(C)c(F)c2)n1. The molecular weight excluding hydrogens is 323 g/mol. The van der Waals surface area contributed by atoms with E-state index in [0.29, 0.717) is 11.3 Å². The molecule has 1 aromatic heterocycles. The fraction of sp³-hybridized carbons (Fsp3) is 0.214. The van der Waals surface area contributed by atoms with Crippen LogP contribution in [-0.2, 0) is 11.2 Å². The highest BCUT2D eigenvalue weighted by molar-refractivity contribution is 7.80. The molecule has 3 N–H and O–H groups in total. The Morgan fingerprint density at radius 1 is 1.36 bits per heavy atom. The standard InChI is InChI=1S/C14H15FN4OS2/c1-8-3-4-10(5-11(8)15)17-14(21)19-18-12(20)6-13-16-9(2)7-22-13/h3-5,7H,6H2,1-2H3,(H,18,20)(H2,17,19,21). The Morgan fingerprint density at radius 2 is 2.14 bits per heavy atom. The number of carbonyl (C=O) groups excluding carboxylic acids is 1. The summed E-state index contributed by atoms with van der Waals surface area (Å²) in [6.45, 7) is 3.55. The van der Waals surface area contributed by atoms with Crippen LogP contribution in [0.25, 0.3) is 0 Å². The van der Waals surface area contributed by atoms with Gasteiger partial charge < -0.3 is 5.32 Å². The van der Waals surface area contributed by atoms with Gasteiger partial charge in [0.2, 0.25) is 5.91 Å². The molecule has 22 heavy (non-hydrogen) atoms. The number of nitrogens with one attached hydrogen (secondary N) is 3. The van der Waals surface area contributed by atoms with Gasteiger partial charge in [-0.2, -0.15) is 0 Å². The molecule has 2 rings (SSSR count). The molecule has 0 aliphatic carbocycles. The minimum atomic E-state index is -0.323. The number of hydrogen-bond acceptors (Lipinski definition) is 4. The Morgan fingerprint density at radius 3 is 2.77 bits per heavy atom. The van der Waals surface area contributed by atoms with Crippen molar-refractivity contribution in [3.8, 4) is 0 Å². The first kappa shape index (κ1) is 16.3. The maximum absolute atomic E-state index is 13.4. The van der Waals surface area contributed by atoms with E-state index in [1.54, 1.807) is 19.1 Å². The molecule has 0 saturated carbocycles. The number of thiazole rings is 1. The topological polar surface area (TPSA) is 66.1 Å². The van der Waals surface area contributed by atoms with Crippen molar-refractivity contribution in [2.24, 2.45) is 0 Å². The molecule has 1 aromatic carbocycles. The third kappa shape index (κ3) is 4.74. The average Bonchev–Trinajstić information content (AvgIpc) is 2.86. The van der Waals surface area contributed by atoms with E-state index in [2.05, 4.69) is 21.2 Å². The van der Waals surface area contributed by atoms with Crippen LogP contribution in [-0.4, -0.2) is 16.0 Å². The third-order valence-electron chi connectivity index (χ3n) is 2.72. The van der Waals surface area contributed by atoms with Crippen molar-refractivity contribution >= 4 is 40.3 Å². The maximum atomic E-state index is 13.4. The fourth-order valence-electron chi connectivity index (χ4n) is 1.62. The molecular formula is C14H15FN4OS2. The van der Waals surface area contributed by atoms with Gasteiger partial charge in [0.05, 0.1) is 6.42 Å². The summed E-state index contributed by atoms with van der Waals surface area (Å²) < 4.78 is 13.4. The molecule has 116 valence electrons. The van der Waals surface area contributed by atoms with Gasteiger partial charge in [-0.3, -0.25) is 15.6 Å². The lowest BCUT2D eigenvalue weighted by Gasteiger charge is -2.11. The first-order valence-corrected chi connectivity index (χ1v) is 7.76. The number of hydrogen-bond donors (Lipinski definition) is 3. The van der Waals surface area contributed by atoms with Gasteiger partial charge >= 0.3 is 0 Å². The van der Waals surface area contributed by atoms with Crippen LogP contribution in [0.3, 0.4) is 0 Å². The number of halogens is 1. The Kier molecular flexibility index (Phi) is 5.40. The number of aryl methyl sites for hydroxylation is 2. The monoisotopic (exact) mass is 338 g/mol. The van der Waals surface area contributed by atoms with E-state index in [0.717, 1.165) is 10.7 Å². The molecule has 0 aliphatic rings. The number of benzene rings is 1. The van der Waals surface area contributed by atoms with E-state index < -0.39 is 0 Å². The average molecular weight is 338 g/mol. The highest BCUT2D eigenvalue weighted by atomic mass is 32.1. The van der Waals surface area contributed by atoms with E-state index in [4.69, 9.17) is 12.2 Å². The molecule has 5 nitrogen and oxygen atoms in total. The minimum absolute atomic E-state index is 0.173. The zero-order valence-electron chi connectivity index (χ0n) is 12.1. The summed E-state index contributed by atoms with van der Waals surface area (Å²) in [6.07, 6.45) is 0.174. The summed E-state index contributed by atoms with van der Waals surface area (Å²) in [4.78, 5) is 15.9. The van der Waals surface area contributed by atoms with Gasteiger partial charge in [0.25, 0.3) is 0 Å². The number of aromatic nitrogens is 1. The molecule has 0 aliphatic heterocycles. The lowest BCUT2D eigenvalue weighted by Crippen LogP contribution is -2.44. The Hall–Kier alpha value is -2.06. The van der Waals surface area contributed by atoms with Crippen LogP contribution in [0.15, 0.2) is 23.6 Å². The van der Waals surface area contributed by atoms with Crippen molar-refractivity contribution in [3.63, 3.8) is 0 Å². The van der Waals surface area contributed by atoms with Crippen molar-refractivity contribution in [3.05, 3.63) is 45.7 Å². The van der Waals surface area contributed by atoms with E-state index in [1.807, 2.05) is 12.3 Å². The number of anilines is 1. The fourth-order valence-corrected chi connectivity index (χ4v) is 2.56. The van der Waals surface area contributed by atoms with Crippen LogP contribution in [0, 0.1) is 19.7 Å². The van der Waals surface area contributed by atoms with Gasteiger partial charge in [-0.15, -0.1) is 11.3 Å². The Balaban J connectivity index is 1.79. The number of carbonyl (C=O) groups is 1. The summed E-state index contributed by atoms with van der Waals surface area (Å²) in [5, 5.41) is 5.57. The van der Waals surface area contributed by atoms with E-state index >= 15 is 0 Å². The molecule has 8 heteroatoms. The first-order valence-electron chi connectivity index (χ1n) is 6.47. The van der Waals surface area contributed by atoms with Crippen molar-refractivity contribution in [1.82, 2.24) is 15.8 Å². The minimum Gasteiger partial charge on any atom is -0.331 e. The van der Waals surface area contributed by atoms with Crippen molar-refractivity contribution < 1.29 is 9.18 Å². The van der Waals surface area contributed by atoms with Crippen LogP contribution in [0.2, 0.25) is 0 Å². The predicted octanol–water partition coefficient (Wildman–Crippen LogP) is 2.46. The first-order chi connectivity index (χ1) is 10.4. The van der Waals surface area contributed by atoms with Crippen LogP contribution in [0.5, 0.6) is 0 Å². The number of nitrogens with zero attached hydrogens (tertiary/aromatic N) is 1. The molecule has 0 unspecified atom stereocenters.